The summed E-state index contributed by atoms with van der Waals surface area (Å²) in [7, 11) is 0. The van der Waals surface area contributed by atoms with E-state index < -0.39 is 0 Å². The number of rotatable bonds is 6. The van der Waals surface area contributed by atoms with E-state index in [0.717, 1.165) is 78.2 Å². The molecule has 0 fully saturated rings. The van der Waals surface area contributed by atoms with Crippen molar-refractivity contribution in [2.45, 2.75) is 13.8 Å². The van der Waals surface area contributed by atoms with Crippen molar-refractivity contribution in [3.05, 3.63) is 212 Å². The Morgan fingerprint density at radius 2 is 1.23 bits per heavy atom. The SMILES string of the molecule is Cc1cccc(C)c1-c1ccc2o[c-]c(-c3nc4ccccc4n3-c3c(-c4ccccc4)cccc3-c3ccccc3)c2c1.[Ir].[c-]1ccccc1-c1ccccn1. The van der Waals surface area contributed by atoms with Crippen molar-refractivity contribution in [1.82, 2.24) is 14.5 Å². The molecule has 0 N–H and O–H groups in total. The molecule has 4 nitrogen and oxygen atoms in total. The number of pyridine rings is 1. The number of hydrogen-bond donors (Lipinski definition) is 0. The number of imidazole rings is 1. The molecule has 0 amide bonds. The summed E-state index contributed by atoms with van der Waals surface area (Å²) in [5.74, 6) is 0.796. The molecular weight excluding hydrogens is 875 g/mol. The Morgan fingerprint density at radius 1 is 0.579 bits per heavy atom. The summed E-state index contributed by atoms with van der Waals surface area (Å²) in [5.41, 5.74) is 16.1. The second-order valence-corrected chi connectivity index (χ2v) is 13.7. The maximum absolute atomic E-state index is 6.09. The number of aromatic nitrogens is 3. The van der Waals surface area contributed by atoms with Crippen molar-refractivity contribution in [2.75, 3.05) is 0 Å². The Kier molecular flexibility index (Phi) is 10.9. The fourth-order valence-electron chi connectivity index (χ4n) is 7.55. The van der Waals surface area contributed by atoms with Gasteiger partial charge in [0.25, 0.3) is 0 Å². The van der Waals surface area contributed by atoms with Crippen LogP contribution >= 0.6 is 0 Å². The molecule has 0 saturated heterocycles. The molecule has 10 rings (SSSR count). The second kappa shape index (κ2) is 16.6. The van der Waals surface area contributed by atoms with Gasteiger partial charge < -0.3 is 14.0 Å². The number of furan rings is 1. The summed E-state index contributed by atoms with van der Waals surface area (Å²) in [4.78, 5) is 9.48. The first-order valence-electron chi connectivity index (χ1n) is 18.7. The van der Waals surface area contributed by atoms with Crippen LogP contribution < -0.4 is 0 Å². The topological polar surface area (TPSA) is 43.9 Å². The molecule has 3 heterocycles. The van der Waals surface area contributed by atoms with E-state index in [2.05, 4.69) is 169 Å². The second-order valence-electron chi connectivity index (χ2n) is 13.7. The molecule has 277 valence electrons. The first-order chi connectivity index (χ1) is 27.6. The number of aryl methyl sites for hydroxylation is 2. The monoisotopic (exact) mass is 912 g/mol. The summed E-state index contributed by atoms with van der Waals surface area (Å²) in [5, 5.41) is 0.986. The van der Waals surface area contributed by atoms with Gasteiger partial charge in [-0.25, -0.2) is 0 Å². The minimum Gasteiger partial charge on any atom is -0.557 e. The van der Waals surface area contributed by atoms with Gasteiger partial charge in [0.1, 0.15) is 0 Å². The summed E-state index contributed by atoms with van der Waals surface area (Å²) in [6, 6.07) is 65.7. The van der Waals surface area contributed by atoms with Crippen LogP contribution in [0.2, 0.25) is 0 Å². The molecule has 0 bridgehead atoms. The molecule has 3 aromatic heterocycles. The Labute approximate surface area is 346 Å². The third-order valence-electron chi connectivity index (χ3n) is 10.1. The Balaban J connectivity index is 0.000000300. The maximum Gasteiger partial charge on any atom is 0.0774 e. The van der Waals surface area contributed by atoms with Crippen molar-refractivity contribution < 1.29 is 24.5 Å². The molecule has 0 aliphatic carbocycles. The fourth-order valence-corrected chi connectivity index (χ4v) is 7.55. The number of hydrogen-bond acceptors (Lipinski definition) is 3. The minimum atomic E-state index is 0. The number of nitrogens with zero attached hydrogens (tertiary/aromatic N) is 3. The minimum absolute atomic E-state index is 0. The van der Waals surface area contributed by atoms with Gasteiger partial charge in [0.15, 0.2) is 0 Å². The number of para-hydroxylation sites is 3. The van der Waals surface area contributed by atoms with E-state index in [1.807, 2.05) is 48.5 Å². The van der Waals surface area contributed by atoms with Crippen molar-refractivity contribution in [2.24, 2.45) is 0 Å². The zero-order valence-electron chi connectivity index (χ0n) is 31.5. The van der Waals surface area contributed by atoms with Gasteiger partial charge in [0.2, 0.25) is 0 Å². The zero-order valence-corrected chi connectivity index (χ0v) is 33.9. The Hall–Kier alpha value is -6.65. The Bertz CT molecular complexity index is 2800. The molecule has 57 heavy (non-hydrogen) atoms. The molecule has 0 aliphatic rings. The van der Waals surface area contributed by atoms with Gasteiger partial charge in [-0.15, -0.1) is 35.9 Å². The van der Waals surface area contributed by atoms with Crippen LogP contribution in [0.25, 0.3) is 83.7 Å². The molecule has 10 aromatic rings. The third kappa shape index (κ3) is 7.39. The van der Waals surface area contributed by atoms with Gasteiger partial charge in [-0.3, -0.25) is 4.98 Å². The molecule has 0 atom stereocenters. The van der Waals surface area contributed by atoms with Crippen LogP contribution in [0.4, 0.5) is 0 Å². The van der Waals surface area contributed by atoms with E-state index in [9.17, 15) is 0 Å². The molecule has 0 spiro atoms. The summed E-state index contributed by atoms with van der Waals surface area (Å²) >= 11 is 0. The molecule has 7 aromatic carbocycles. The van der Waals surface area contributed by atoms with Gasteiger partial charge in [0, 0.05) is 49.3 Å². The predicted octanol–water partition coefficient (Wildman–Crippen LogP) is 13.4. The van der Waals surface area contributed by atoms with E-state index in [1.165, 1.54) is 16.7 Å². The van der Waals surface area contributed by atoms with Gasteiger partial charge in [-0.2, -0.15) is 0 Å². The average Bonchev–Trinajstić information content (AvgIpc) is 3.86. The van der Waals surface area contributed by atoms with Crippen molar-refractivity contribution >= 4 is 22.0 Å². The summed E-state index contributed by atoms with van der Waals surface area (Å²) < 4.78 is 8.39. The summed E-state index contributed by atoms with van der Waals surface area (Å²) in [6.45, 7) is 4.33. The van der Waals surface area contributed by atoms with Gasteiger partial charge >= 0.3 is 0 Å². The van der Waals surface area contributed by atoms with Crippen LogP contribution in [0.5, 0.6) is 0 Å². The zero-order chi connectivity index (χ0) is 37.8. The van der Waals surface area contributed by atoms with Gasteiger partial charge in [-0.1, -0.05) is 150 Å². The molecule has 0 unspecified atom stereocenters. The average molecular weight is 912 g/mol. The summed E-state index contributed by atoms with van der Waals surface area (Å²) in [6.07, 6.45) is 5.06. The van der Waals surface area contributed by atoms with Crippen molar-refractivity contribution in [3.8, 4) is 61.7 Å². The van der Waals surface area contributed by atoms with Crippen LogP contribution in [-0.4, -0.2) is 14.5 Å². The van der Waals surface area contributed by atoms with Crippen LogP contribution in [0, 0.1) is 26.2 Å². The third-order valence-corrected chi connectivity index (χ3v) is 10.1. The molecule has 1 radical (unpaired) electrons. The van der Waals surface area contributed by atoms with Crippen LogP contribution in [0.15, 0.2) is 193 Å². The molecule has 0 saturated carbocycles. The van der Waals surface area contributed by atoms with Crippen LogP contribution in [0.1, 0.15) is 11.1 Å². The van der Waals surface area contributed by atoms with E-state index in [1.54, 1.807) is 6.20 Å². The molecular formula is C52H37IrN3O-2. The fraction of sp³-hybridized carbons (Fsp3) is 0.0385. The van der Waals surface area contributed by atoms with E-state index in [0.29, 0.717) is 0 Å². The van der Waals surface area contributed by atoms with Crippen LogP contribution in [-0.2, 0) is 20.1 Å². The Morgan fingerprint density at radius 3 is 1.89 bits per heavy atom. The number of benzene rings is 7. The quantitative estimate of drug-likeness (QED) is 0.156. The maximum atomic E-state index is 6.09. The number of fused-ring (bicyclic) bond motifs is 2. The molecule has 5 heteroatoms. The smallest absolute Gasteiger partial charge is 0.0774 e. The normalized spacial score (nSPS) is 10.8. The van der Waals surface area contributed by atoms with E-state index in [4.69, 9.17) is 9.40 Å². The van der Waals surface area contributed by atoms with Crippen molar-refractivity contribution in [1.29, 1.82) is 0 Å². The standard InChI is InChI=1S/C41H29N2O.C11H8N.Ir/c1-27-13-11-14-28(2)39(27)31-23-24-38-34(25-31)35(26-44-38)41-42-36-21-9-10-22-37(36)43(41)40-32(29-15-5-3-6-16-29)19-12-20-33(40)30-17-7-4-8-18-30;1-2-6-10(7-3-1)11-8-4-5-9-12-11;/h3-25H,1-2H3;1-6,8-9H;/q2*-1;. The van der Waals surface area contributed by atoms with E-state index >= 15 is 0 Å². The van der Waals surface area contributed by atoms with E-state index in [-0.39, 0.29) is 20.1 Å². The first-order valence-corrected chi connectivity index (χ1v) is 18.7. The van der Waals surface area contributed by atoms with Gasteiger partial charge in [-0.05, 0) is 71.1 Å². The largest absolute Gasteiger partial charge is 0.557 e. The first kappa shape index (κ1) is 37.3. The predicted molar refractivity (Wildman–Crippen MR) is 229 cm³/mol. The van der Waals surface area contributed by atoms with Gasteiger partial charge in [0.05, 0.1) is 22.5 Å². The molecule has 0 aliphatic heterocycles. The van der Waals surface area contributed by atoms with Crippen LogP contribution in [0.3, 0.4) is 0 Å². The van der Waals surface area contributed by atoms with Crippen molar-refractivity contribution in [3.63, 3.8) is 0 Å².